The van der Waals surface area contributed by atoms with Crippen LogP contribution in [0.1, 0.15) is 71.3 Å². The predicted molar refractivity (Wildman–Crippen MR) is 91.2 cm³/mol. The lowest BCUT2D eigenvalue weighted by atomic mass is 10.2. The van der Waals surface area contributed by atoms with Gasteiger partial charge in [-0.3, -0.25) is 9.59 Å². The van der Waals surface area contributed by atoms with E-state index in [4.69, 9.17) is 0 Å². The summed E-state index contributed by atoms with van der Waals surface area (Å²) in [6, 6.07) is 0. The minimum atomic E-state index is 0.123. The first-order valence-electron chi connectivity index (χ1n) is 7.61. The van der Waals surface area contributed by atoms with Gasteiger partial charge < -0.3 is 0 Å². The van der Waals surface area contributed by atoms with Gasteiger partial charge in [-0.1, -0.05) is 27.7 Å². The van der Waals surface area contributed by atoms with Crippen LogP contribution in [0.2, 0.25) is 0 Å². The van der Waals surface area contributed by atoms with Crippen LogP contribution in [0.4, 0.5) is 0 Å². The average molecular weight is 336 g/mol. The van der Waals surface area contributed by atoms with Crippen LogP contribution in [0.5, 0.6) is 0 Å². The van der Waals surface area contributed by atoms with Crippen LogP contribution in [-0.4, -0.2) is 21.5 Å². The molecule has 0 aliphatic heterocycles. The number of Topliss-reactive ketones (excluding diaryl/α,β-unsaturated/α-hetero) is 2. The molecule has 0 saturated heterocycles. The highest BCUT2D eigenvalue weighted by Gasteiger charge is 2.21. The topological polar surface area (TPSA) is 59.9 Å². The number of rotatable bonds is 7. The molecule has 0 radical (unpaired) electrons. The summed E-state index contributed by atoms with van der Waals surface area (Å²) < 4.78 is 0. The third kappa shape index (κ3) is 3.17. The molecular formula is C16H20N2O2S2. The Morgan fingerprint density at radius 2 is 1.14 bits per heavy atom. The highest BCUT2D eigenvalue weighted by atomic mass is 32.1. The van der Waals surface area contributed by atoms with Crippen molar-refractivity contribution in [2.75, 3.05) is 0 Å². The molecule has 2 aromatic rings. The minimum absolute atomic E-state index is 0.123. The van der Waals surface area contributed by atoms with E-state index in [-0.39, 0.29) is 11.6 Å². The zero-order chi connectivity index (χ0) is 16.3. The summed E-state index contributed by atoms with van der Waals surface area (Å²) in [5.74, 6) is 0.246. The monoisotopic (exact) mass is 336 g/mol. The van der Waals surface area contributed by atoms with E-state index in [2.05, 4.69) is 9.97 Å². The van der Waals surface area contributed by atoms with Gasteiger partial charge in [0.05, 0.1) is 21.1 Å². The van der Waals surface area contributed by atoms with Crippen LogP contribution >= 0.6 is 22.7 Å². The van der Waals surface area contributed by atoms with Crippen molar-refractivity contribution >= 4 is 34.2 Å². The molecule has 4 nitrogen and oxygen atoms in total. The van der Waals surface area contributed by atoms with Crippen molar-refractivity contribution < 1.29 is 9.59 Å². The van der Waals surface area contributed by atoms with Gasteiger partial charge in [0.15, 0.2) is 21.6 Å². The zero-order valence-electron chi connectivity index (χ0n) is 13.4. The molecule has 0 unspecified atom stereocenters. The van der Waals surface area contributed by atoms with Crippen LogP contribution < -0.4 is 0 Å². The van der Waals surface area contributed by atoms with Gasteiger partial charge in [-0.15, -0.1) is 22.7 Å². The quantitative estimate of drug-likeness (QED) is 0.695. The normalized spacial score (nSPS) is 10.9. The molecule has 2 rings (SSSR count). The lowest BCUT2D eigenvalue weighted by Crippen LogP contribution is -1.97. The molecule has 22 heavy (non-hydrogen) atoms. The van der Waals surface area contributed by atoms with Crippen molar-refractivity contribution in [3.8, 4) is 10.0 Å². The van der Waals surface area contributed by atoms with Crippen LogP contribution in [-0.2, 0) is 12.8 Å². The molecule has 118 valence electrons. The van der Waals surface area contributed by atoms with E-state index in [1.807, 2.05) is 27.7 Å². The molecular weight excluding hydrogens is 316 g/mol. The number of carbonyl (C=O) groups is 2. The van der Waals surface area contributed by atoms with Crippen molar-refractivity contribution in [2.24, 2.45) is 0 Å². The van der Waals surface area contributed by atoms with Crippen LogP contribution in [0.3, 0.4) is 0 Å². The zero-order valence-corrected chi connectivity index (χ0v) is 15.0. The molecule has 2 aromatic heterocycles. The molecule has 0 spiro atoms. The smallest absolute Gasteiger partial charge is 0.174 e. The van der Waals surface area contributed by atoms with Gasteiger partial charge in [0.25, 0.3) is 0 Å². The first kappa shape index (κ1) is 17.0. The standard InChI is InChI=1S/C16H20N2O2S2/c1-5-9-13(11(19)7-3)21-15(17-9)16-18-10(6-2)14(22-16)12(20)8-4/h5-8H2,1-4H3. The number of hydrogen-bond acceptors (Lipinski definition) is 6. The largest absolute Gasteiger partial charge is 0.293 e. The average Bonchev–Trinajstić information content (AvgIpc) is 3.16. The summed E-state index contributed by atoms with van der Waals surface area (Å²) in [6.07, 6.45) is 2.41. The molecule has 0 fully saturated rings. The fraction of sp³-hybridized carbons (Fsp3) is 0.500. The number of aryl methyl sites for hydroxylation is 2. The summed E-state index contributed by atoms with van der Waals surface area (Å²) in [6.45, 7) is 7.71. The van der Waals surface area contributed by atoms with Gasteiger partial charge in [-0.05, 0) is 12.8 Å². The van der Waals surface area contributed by atoms with Gasteiger partial charge in [-0.2, -0.15) is 0 Å². The van der Waals surface area contributed by atoms with Crippen molar-refractivity contribution in [3.05, 3.63) is 21.1 Å². The highest BCUT2D eigenvalue weighted by Crippen LogP contribution is 2.34. The lowest BCUT2D eigenvalue weighted by molar-refractivity contribution is 0.0983. The van der Waals surface area contributed by atoms with Gasteiger partial charge in [-0.25, -0.2) is 9.97 Å². The fourth-order valence-corrected chi connectivity index (χ4v) is 4.47. The summed E-state index contributed by atoms with van der Waals surface area (Å²) in [7, 11) is 0. The van der Waals surface area contributed by atoms with Gasteiger partial charge in [0.2, 0.25) is 0 Å². The van der Waals surface area contributed by atoms with E-state index in [0.29, 0.717) is 12.8 Å². The lowest BCUT2D eigenvalue weighted by Gasteiger charge is -1.93. The molecule has 0 aliphatic carbocycles. The molecule has 0 aromatic carbocycles. The first-order chi connectivity index (χ1) is 10.5. The maximum Gasteiger partial charge on any atom is 0.174 e. The predicted octanol–water partition coefficient (Wildman–Crippen LogP) is 4.58. The third-order valence-corrected chi connectivity index (χ3v) is 5.82. The summed E-state index contributed by atoms with van der Waals surface area (Å²) in [5, 5.41) is 1.51. The maximum absolute atomic E-state index is 12.0. The number of nitrogens with zero attached hydrogens (tertiary/aromatic N) is 2. The third-order valence-electron chi connectivity index (χ3n) is 3.40. The number of aromatic nitrogens is 2. The maximum atomic E-state index is 12.0. The van der Waals surface area contributed by atoms with Crippen molar-refractivity contribution in [2.45, 2.75) is 53.4 Å². The van der Waals surface area contributed by atoms with Gasteiger partial charge in [0, 0.05) is 12.8 Å². The van der Waals surface area contributed by atoms with E-state index in [0.717, 1.165) is 44.0 Å². The molecule has 2 heterocycles. The Morgan fingerprint density at radius 1 is 0.773 bits per heavy atom. The molecule has 0 amide bonds. The number of ketones is 2. The molecule has 0 bridgehead atoms. The second-order valence-corrected chi connectivity index (χ2v) is 6.85. The Hall–Kier alpha value is -1.40. The minimum Gasteiger partial charge on any atom is -0.293 e. The van der Waals surface area contributed by atoms with E-state index < -0.39 is 0 Å². The number of hydrogen-bond donors (Lipinski definition) is 0. The summed E-state index contributed by atoms with van der Waals surface area (Å²) >= 11 is 2.80. The van der Waals surface area contributed by atoms with Crippen molar-refractivity contribution in [3.63, 3.8) is 0 Å². The van der Waals surface area contributed by atoms with Gasteiger partial charge in [0.1, 0.15) is 0 Å². The Morgan fingerprint density at radius 3 is 1.41 bits per heavy atom. The second kappa shape index (κ2) is 7.24. The SMILES string of the molecule is CCC(=O)c1sc(-c2nc(CC)c(C(=O)CC)s2)nc1CC. The highest BCUT2D eigenvalue weighted by molar-refractivity contribution is 7.23. The Labute approximate surface area is 138 Å². The van der Waals surface area contributed by atoms with Crippen LogP contribution in [0.15, 0.2) is 0 Å². The molecule has 6 heteroatoms. The van der Waals surface area contributed by atoms with E-state index in [1.165, 1.54) is 22.7 Å². The molecule has 0 saturated carbocycles. The van der Waals surface area contributed by atoms with Crippen molar-refractivity contribution in [1.29, 1.82) is 0 Å². The van der Waals surface area contributed by atoms with Gasteiger partial charge >= 0.3 is 0 Å². The van der Waals surface area contributed by atoms with Crippen molar-refractivity contribution in [1.82, 2.24) is 9.97 Å². The molecule has 0 aliphatic rings. The second-order valence-electron chi connectivity index (χ2n) is 4.85. The Balaban J connectivity index is 2.48. The Bertz CT molecular complexity index is 641. The van der Waals surface area contributed by atoms with E-state index in [1.54, 1.807) is 0 Å². The fourth-order valence-electron chi connectivity index (χ4n) is 2.12. The number of thiazole rings is 2. The Kier molecular flexibility index (Phi) is 5.58. The summed E-state index contributed by atoms with van der Waals surface area (Å²) in [4.78, 5) is 34.7. The molecule has 0 N–H and O–H groups in total. The van der Waals surface area contributed by atoms with Crippen LogP contribution in [0.25, 0.3) is 10.0 Å². The van der Waals surface area contributed by atoms with Crippen LogP contribution in [0, 0.1) is 0 Å². The summed E-state index contributed by atoms with van der Waals surface area (Å²) in [5.41, 5.74) is 1.67. The van der Waals surface area contributed by atoms with E-state index >= 15 is 0 Å². The first-order valence-corrected chi connectivity index (χ1v) is 9.24. The van der Waals surface area contributed by atoms with E-state index in [9.17, 15) is 9.59 Å². The number of carbonyl (C=O) groups excluding carboxylic acids is 2. The molecule has 0 atom stereocenters.